The van der Waals surface area contributed by atoms with E-state index in [4.69, 9.17) is 10.8 Å². The van der Waals surface area contributed by atoms with Crippen molar-refractivity contribution in [1.82, 2.24) is 9.78 Å². The predicted molar refractivity (Wildman–Crippen MR) is 65.0 cm³/mol. The fraction of sp³-hybridized carbons (Fsp3) is 0.167. The molecule has 1 aromatic heterocycles. The number of hydrogen-bond donors (Lipinski definition) is 3. The second-order valence-corrected chi connectivity index (χ2v) is 3.87. The molecule has 1 unspecified atom stereocenters. The summed E-state index contributed by atoms with van der Waals surface area (Å²) in [5, 5.41) is 22.6. The van der Waals surface area contributed by atoms with Gasteiger partial charge in [0.25, 0.3) is 0 Å². The van der Waals surface area contributed by atoms with Crippen molar-refractivity contribution in [2.75, 3.05) is 5.73 Å². The highest BCUT2D eigenvalue weighted by molar-refractivity contribution is 5.86. The molecule has 0 aliphatic rings. The van der Waals surface area contributed by atoms with E-state index in [-0.39, 0.29) is 18.1 Å². The third kappa shape index (κ3) is 2.49. The average molecular weight is 247 g/mol. The van der Waals surface area contributed by atoms with E-state index in [1.54, 1.807) is 12.1 Å². The molecule has 94 valence electrons. The minimum absolute atomic E-state index is 0.114. The Balaban J connectivity index is 2.17. The molecule has 1 heterocycles. The van der Waals surface area contributed by atoms with Crippen LogP contribution in [0.25, 0.3) is 0 Å². The maximum atomic E-state index is 10.7. The van der Waals surface area contributed by atoms with Gasteiger partial charge < -0.3 is 15.9 Å². The molecular weight excluding hydrogens is 234 g/mol. The van der Waals surface area contributed by atoms with Gasteiger partial charge in [-0.2, -0.15) is 5.10 Å². The number of hydrogen-bond acceptors (Lipinski definition) is 4. The van der Waals surface area contributed by atoms with Gasteiger partial charge in [0.05, 0.1) is 12.6 Å². The van der Waals surface area contributed by atoms with Gasteiger partial charge in [-0.3, -0.25) is 0 Å². The molecule has 2 rings (SSSR count). The summed E-state index contributed by atoms with van der Waals surface area (Å²) in [7, 11) is 0. The number of aromatic carboxylic acids is 1. The maximum Gasteiger partial charge on any atom is 0.356 e. The standard InChI is InChI=1S/C12H13N3O3/c13-11-6-9(12(17)18)14-15(11)7-10(16)8-4-2-1-3-5-8/h1-6,10,16H,7,13H2,(H,17,18). The van der Waals surface area contributed by atoms with Crippen molar-refractivity contribution in [3.05, 3.63) is 47.7 Å². The molecule has 1 atom stereocenters. The topological polar surface area (TPSA) is 101 Å². The summed E-state index contributed by atoms with van der Waals surface area (Å²) in [4.78, 5) is 10.7. The zero-order valence-corrected chi connectivity index (χ0v) is 9.52. The van der Waals surface area contributed by atoms with Gasteiger partial charge in [-0.05, 0) is 5.56 Å². The molecule has 2 aromatic rings. The molecule has 0 bridgehead atoms. The number of aromatic nitrogens is 2. The van der Waals surface area contributed by atoms with Crippen LogP contribution in [0.5, 0.6) is 0 Å². The van der Waals surface area contributed by atoms with E-state index < -0.39 is 12.1 Å². The van der Waals surface area contributed by atoms with Crippen molar-refractivity contribution in [2.24, 2.45) is 0 Å². The first-order chi connectivity index (χ1) is 8.58. The number of carboxylic acid groups (broad SMARTS) is 1. The lowest BCUT2D eigenvalue weighted by Crippen LogP contribution is -2.12. The Morgan fingerprint density at radius 1 is 1.39 bits per heavy atom. The van der Waals surface area contributed by atoms with Crippen LogP contribution >= 0.6 is 0 Å². The van der Waals surface area contributed by atoms with E-state index in [2.05, 4.69) is 5.10 Å². The van der Waals surface area contributed by atoms with Gasteiger partial charge in [-0.25, -0.2) is 9.48 Å². The van der Waals surface area contributed by atoms with Gasteiger partial charge in [0.15, 0.2) is 5.69 Å². The fourth-order valence-corrected chi connectivity index (χ4v) is 1.63. The summed E-state index contributed by atoms with van der Waals surface area (Å²) in [6.45, 7) is 0.114. The van der Waals surface area contributed by atoms with Crippen LogP contribution in [0.1, 0.15) is 22.2 Å². The highest BCUT2D eigenvalue weighted by atomic mass is 16.4. The van der Waals surface area contributed by atoms with E-state index in [0.717, 1.165) is 5.56 Å². The highest BCUT2D eigenvalue weighted by Crippen LogP contribution is 2.16. The average Bonchev–Trinajstić information content (AvgIpc) is 2.72. The summed E-state index contributed by atoms with van der Waals surface area (Å²) in [5.74, 6) is -0.933. The van der Waals surface area contributed by atoms with Crippen molar-refractivity contribution in [3.8, 4) is 0 Å². The number of nitrogens with two attached hydrogens (primary N) is 1. The maximum absolute atomic E-state index is 10.7. The molecule has 0 amide bonds. The van der Waals surface area contributed by atoms with Crippen molar-refractivity contribution in [1.29, 1.82) is 0 Å². The minimum atomic E-state index is -1.14. The molecule has 18 heavy (non-hydrogen) atoms. The predicted octanol–water partition coefficient (Wildman–Crippen LogP) is 0.897. The largest absolute Gasteiger partial charge is 0.476 e. The highest BCUT2D eigenvalue weighted by Gasteiger charge is 2.14. The van der Waals surface area contributed by atoms with Gasteiger partial charge in [-0.15, -0.1) is 0 Å². The second kappa shape index (κ2) is 4.89. The van der Waals surface area contributed by atoms with Gasteiger partial charge in [-0.1, -0.05) is 30.3 Å². The van der Waals surface area contributed by atoms with Crippen molar-refractivity contribution in [2.45, 2.75) is 12.6 Å². The minimum Gasteiger partial charge on any atom is -0.476 e. The first-order valence-corrected chi connectivity index (χ1v) is 5.37. The van der Waals surface area contributed by atoms with E-state index in [1.807, 2.05) is 18.2 Å². The monoisotopic (exact) mass is 247 g/mol. The Morgan fingerprint density at radius 2 is 2.06 bits per heavy atom. The third-order valence-corrected chi connectivity index (χ3v) is 2.56. The van der Waals surface area contributed by atoms with Crippen LogP contribution in [0.15, 0.2) is 36.4 Å². The molecule has 0 aliphatic carbocycles. The van der Waals surface area contributed by atoms with Crippen LogP contribution in [0.2, 0.25) is 0 Å². The van der Waals surface area contributed by atoms with Crippen LogP contribution in [-0.4, -0.2) is 26.0 Å². The normalized spacial score (nSPS) is 12.3. The smallest absolute Gasteiger partial charge is 0.356 e. The van der Waals surface area contributed by atoms with Crippen molar-refractivity contribution >= 4 is 11.8 Å². The molecule has 0 radical (unpaired) electrons. The molecule has 0 fully saturated rings. The lowest BCUT2D eigenvalue weighted by atomic mass is 10.1. The van der Waals surface area contributed by atoms with Gasteiger partial charge in [0, 0.05) is 6.07 Å². The summed E-state index contributed by atoms with van der Waals surface area (Å²) < 4.78 is 1.28. The Bertz CT molecular complexity index is 551. The van der Waals surface area contributed by atoms with Crippen LogP contribution in [0, 0.1) is 0 Å². The van der Waals surface area contributed by atoms with Crippen molar-refractivity contribution in [3.63, 3.8) is 0 Å². The molecule has 6 heteroatoms. The number of aliphatic hydroxyl groups is 1. The molecule has 0 saturated carbocycles. The number of anilines is 1. The van der Waals surface area contributed by atoms with E-state index in [1.165, 1.54) is 10.7 Å². The van der Waals surface area contributed by atoms with Gasteiger partial charge in [0.1, 0.15) is 5.82 Å². The van der Waals surface area contributed by atoms with E-state index >= 15 is 0 Å². The molecule has 6 nitrogen and oxygen atoms in total. The quantitative estimate of drug-likeness (QED) is 0.745. The van der Waals surface area contributed by atoms with Crippen LogP contribution in [0.3, 0.4) is 0 Å². The van der Waals surface area contributed by atoms with E-state index in [0.29, 0.717) is 0 Å². The lowest BCUT2D eigenvalue weighted by molar-refractivity contribution is 0.0688. The first kappa shape index (κ1) is 12.1. The number of carboxylic acids is 1. The first-order valence-electron chi connectivity index (χ1n) is 5.37. The fourth-order valence-electron chi connectivity index (χ4n) is 1.63. The molecule has 0 aliphatic heterocycles. The van der Waals surface area contributed by atoms with Crippen LogP contribution in [0.4, 0.5) is 5.82 Å². The number of carbonyl (C=O) groups is 1. The molecule has 0 spiro atoms. The number of nitrogen functional groups attached to an aromatic ring is 1. The zero-order valence-electron chi connectivity index (χ0n) is 9.52. The van der Waals surface area contributed by atoms with Gasteiger partial charge >= 0.3 is 5.97 Å². The van der Waals surface area contributed by atoms with Gasteiger partial charge in [0.2, 0.25) is 0 Å². The van der Waals surface area contributed by atoms with Crippen LogP contribution in [-0.2, 0) is 6.54 Å². The second-order valence-electron chi connectivity index (χ2n) is 3.87. The van der Waals surface area contributed by atoms with E-state index in [9.17, 15) is 9.90 Å². The Morgan fingerprint density at radius 3 is 2.61 bits per heavy atom. The molecule has 0 saturated heterocycles. The summed E-state index contributed by atoms with van der Waals surface area (Å²) >= 11 is 0. The van der Waals surface area contributed by atoms with Crippen LogP contribution < -0.4 is 5.73 Å². The zero-order chi connectivity index (χ0) is 13.1. The number of benzene rings is 1. The lowest BCUT2D eigenvalue weighted by Gasteiger charge is -2.11. The Kier molecular flexibility index (Phi) is 3.29. The van der Waals surface area contributed by atoms with Crippen molar-refractivity contribution < 1.29 is 15.0 Å². The Labute approximate surface area is 103 Å². The number of nitrogens with zero attached hydrogens (tertiary/aromatic N) is 2. The molecular formula is C12H13N3O3. The number of aliphatic hydroxyl groups excluding tert-OH is 1. The SMILES string of the molecule is Nc1cc(C(=O)O)nn1CC(O)c1ccccc1. The number of rotatable bonds is 4. The molecule has 1 aromatic carbocycles. The summed E-state index contributed by atoms with van der Waals surface area (Å²) in [6.07, 6.45) is -0.782. The summed E-state index contributed by atoms with van der Waals surface area (Å²) in [5.41, 5.74) is 6.23. The summed E-state index contributed by atoms with van der Waals surface area (Å²) in [6, 6.07) is 10.3. The Hall–Kier alpha value is -2.34. The molecule has 4 N–H and O–H groups in total. The third-order valence-electron chi connectivity index (χ3n) is 2.56.